The first-order chi connectivity index (χ1) is 10.6. The molecule has 0 spiro atoms. The highest BCUT2D eigenvalue weighted by atomic mass is 79.9. The van der Waals surface area contributed by atoms with Gasteiger partial charge in [-0.1, -0.05) is 51.1 Å². The number of halogens is 1. The fourth-order valence-corrected chi connectivity index (χ4v) is 3.57. The Hall–Kier alpha value is -1.05. The Kier molecular flexibility index (Phi) is 6.72. The van der Waals surface area contributed by atoms with Crippen LogP contribution < -0.4 is 14.8 Å². The van der Waals surface area contributed by atoms with Crippen molar-refractivity contribution in [1.29, 1.82) is 0 Å². The summed E-state index contributed by atoms with van der Waals surface area (Å²) in [6, 6.07) is 14.2. The fraction of sp³-hybridized carbons (Fsp3) is 0.333. The maximum Gasteiger partial charge on any atom is 0.145 e. The van der Waals surface area contributed by atoms with E-state index in [1.54, 1.807) is 0 Å². The summed E-state index contributed by atoms with van der Waals surface area (Å²) in [5.41, 5.74) is 1.18. The van der Waals surface area contributed by atoms with Gasteiger partial charge in [0.25, 0.3) is 0 Å². The van der Waals surface area contributed by atoms with Crippen LogP contribution >= 0.6 is 24.5 Å². The summed E-state index contributed by atoms with van der Waals surface area (Å²) in [6.45, 7) is 7.10. The quantitative estimate of drug-likeness (QED) is 0.668. The van der Waals surface area contributed by atoms with Crippen LogP contribution in [0.2, 0.25) is 0 Å². The van der Waals surface area contributed by atoms with E-state index in [-0.39, 0.29) is 0 Å². The molecule has 0 fully saturated rings. The summed E-state index contributed by atoms with van der Waals surface area (Å²) in [4.78, 5) is 0. The van der Waals surface area contributed by atoms with Gasteiger partial charge in [0.15, 0.2) is 0 Å². The maximum atomic E-state index is 5.90. The fourth-order valence-electron chi connectivity index (χ4n) is 1.88. The van der Waals surface area contributed by atoms with Crippen LogP contribution in [0.5, 0.6) is 11.5 Å². The number of hydrogen-bond donors (Lipinski definition) is 0. The molecule has 2 nitrogen and oxygen atoms in total. The van der Waals surface area contributed by atoms with Crippen LogP contribution in [0.25, 0.3) is 0 Å². The van der Waals surface area contributed by atoms with Crippen molar-refractivity contribution in [3.63, 3.8) is 0 Å². The molecule has 0 bridgehead atoms. The van der Waals surface area contributed by atoms with Gasteiger partial charge in [0, 0.05) is 0 Å². The number of rotatable bonds is 3. The lowest BCUT2D eigenvalue weighted by atomic mass is 10.2. The third-order valence-electron chi connectivity index (χ3n) is 2.77. The van der Waals surface area contributed by atoms with E-state index in [1.165, 1.54) is 10.9 Å². The lowest BCUT2D eigenvalue weighted by Crippen LogP contribution is -2.04. The van der Waals surface area contributed by atoms with Crippen LogP contribution in [0, 0.1) is 5.92 Å². The number of hydrogen-bond acceptors (Lipinski definition) is 2. The number of benzene rings is 2. The van der Waals surface area contributed by atoms with Crippen molar-refractivity contribution in [3.05, 3.63) is 52.5 Å². The minimum atomic E-state index is 0.597. The molecule has 0 aromatic heterocycles. The summed E-state index contributed by atoms with van der Waals surface area (Å²) in [6.07, 6.45) is 0.764. The van der Waals surface area contributed by atoms with E-state index in [0.29, 0.717) is 15.2 Å². The van der Waals surface area contributed by atoms with Crippen LogP contribution in [-0.4, -0.2) is 6.35 Å². The van der Waals surface area contributed by atoms with E-state index in [0.717, 1.165) is 28.2 Å². The molecular weight excluding hydrogens is 359 g/mol. The van der Waals surface area contributed by atoms with Crippen LogP contribution in [0.3, 0.4) is 0 Å². The van der Waals surface area contributed by atoms with Crippen LogP contribution in [-0.2, 0) is 6.61 Å². The Balaban J connectivity index is 0.000000396. The van der Waals surface area contributed by atoms with Crippen molar-refractivity contribution in [3.8, 4) is 11.5 Å². The molecule has 0 saturated heterocycles. The molecule has 0 N–H and O–H groups in total. The van der Waals surface area contributed by atoms with Crippen LogP contribution in [0.1, 0.15) is 26.3 Å². The second-order valence-electron chi connectivity index (χ2n) is 5.72. The molecule has 0 saturated carbocycles. The highest BCUT2D eigenvalue weighted by molar-refractivity contribution is 9.10. The van der Waals surface area contributed by atoms with Gasteiger partial charge in [-0.15, -0.1) is 0 Å². The molecule has 1 atom stereocenters. The normalized spacial score (nSPS) is 13.3. The standard InChI is InChI=1S/C14H12BrO2P.C4H10/c15-11-6-7-12(14-13(11)17-9-18-14)16-8-10-4-2-1-3-5-10;1-4(2)3/h1-7,18H,8-9H2;4H,1-3H3. The molecule has 1 unspecified atom stereocenters. The summed E-state index contributed by atoms with van der Waals surface area (Å²) >= 11 is 3.50. The van der Waals surface area contributed by atoms with E-state index in [2.05, 4.69) is 48.8 Å². The van der Waals surface area contributed by atoms with E-state index in [9.17, 15) is 0 Å². The summed E-state index contributed by atoms with van der Waals surface area (Å²) in [7, 11) is 0.665. The van der Waals surface area contributed by atoms with Gasteiger partial charge in [-0.2, -0.15) is 0 Å². The molecule has 0 aliphatic carbocycles. The van der Waals surface area contributed by atoms with Crippen LogP contribution in [0.4, 0.5) is 0 Å². The molecule has 0 radical (unpaired) electrons. The first kappa shape index (κ1) is 17.3. The maximum absolute atomic E-state index is 5.90. The van der Waals surface area contributed by atoms with E-state index < -0.39 is 0 Å². The van der Waals surface area contributed by atoms with E-state index >= 15 is 0 Å². The van der Waals surface area contributed by atoms with Crippen molar-refractivity contribution in [2.75, 3.05) is 6.35 Å². The van der Waals surface area contributed by atoms with Gasteiger partial charge in [-0.25, -0.2) is 0 Å². The first-order valence-corrected chi connectivity index (χ1v) is 9.44. The molecule has 2 aromatic rings. The molecule has 4 heteroatoms. The zero-order valence-electron chi connectivity index (χ0n) is 13.2. The second-order valence-corrected chi connectivity index (χ2v) is 7.72. The molecule has 2 aromatic carbocycles. The van der Waals surface area contributed by atoms with E-state index in [4.69, 9.17) is 9.47 Å². The summed E-state index contributed by atoms with van der Waals surface area (Å²) in [5, 5.41) is 1.19. The minimum absolute atomic E-state index is 0.597. The monoisotopic (exact) mass is 380 g/mol. The second kappa shape index (κ2) is 8.55. The molecule has 3 rings (SSSR count). The van der Waals surface area contributed by atoms with E-state index in [1.807, 2.05) is 30.3 Å². The van der Waals surface area contributed by atoms with Gasteiger partial charge in [-0.3, -0.25) is 0 Å². The zero-order valence-corrected chi connectivity index (χ0v) is 15.8. The topological polar surface area (TPSA) is 18.5 Å². The van der Waals surface area contributed by atoms with Gasteiger partial charge in [0.1, 0.15) is 24.5 Å². The van der Waals surface area contributed by atoms with Gasteiger partial charge in [0.2, 0.25) is 0 Å². The minimum Gasteiger partial charge on any atom is -0.488 e. The number of fused-ring (bicyclic) bond motifs is 1. The van der Waals surface area contributed by atoms with Crippen molar-refractivity contribution < 1.29 is 9.47 Å². The Morgan fingerprint density at radius 2 is 1.82 bits per heavy atom. The Morgan fingerprint density at radius 1 is 1.14 bits per heavy atom. The Bertz CT molecular complexity index is 597. The van der Waals surface area contributed by atoms with Crippen molar-refractivity contribution in [2.45, 2.75) is 27.4 Å². The smallest absolute Gasteiger partial charge is 0.145 e. The lowest BCUT2D eigenvalue weighted by molar-refractivity contribution is 0.307. The highest BCUT2D eigenvalue weighted by Crippen LogP contribution is 2.38. The Labute approximate surface area is 143 Å². The van der Waals surface area contributed by atoms with Crippen molar-refractivity contribution in [1.82, 2.24) is 0 Å². The summed E-state index contributed by atoms with van der Waals surface area (Å²) < 4.78 is 12.5. The SMILES string of the molecule is Brc1ccc(OCc2ccccc2)c2c1OCP2.CC(C)C. The predicted molar refractivity (Wildman–Crippen MR) is 98.9 cm³/mol. The molecule has 0 amide bonds. The van der Waals surface area contributed by atoms with Gasteiger partial charge in [0.05, 0.1) is 9.78 Å². The predicted octanol–water partition coefficient (Wildman–Crippen LogP) is 5.34. The van der Waals surface area contributed by atoms with Crippen molar-refractivity contribution >= 4 is 29.8 Å². The third kappa shape index (κ3) is 5.00. The highest BCUT2D eigenvalue weighted by Gasteiger charge is 2.20. The number of ether oxygens (including phenoxy) is 2. The first-order valence-electron chi connectivity index (χ1n) is 7.44. The molecule has 22 heavy (non-hydrogen) atoms. The molecular formula is C18H22BrO2P. The molecule has 118 valence electrons. The summed E-state index contributed by atoms with van der Waals surface area (Å²) in [5.74, 6) is 2.71. The van der Waals surface area contributed by atoms with Gasteiger partial charge < -0.3 is 9.47 Å². The van der Waals surface area contributed by atoms with Gasteiger partial charge >= 0.3 is 0 Å². The molecule has 1 aliphatic heterocycles. The van der Waals surface area contributed by atoms with Crippen LogP contribution in [0.15, 0.2) is 46.9 Å². The molecule has 1 heterocycles. The zero-order chi connectivity index (χ0) is 15.9. The van der Waals surface area contributed by atoms with Gasteiger partial charge in [-0.05, 0) is 48.1 Å². The average Bonchev–Trinajstić information content (AvgIpc) is 2.98. The molecule has 1 aliphatic rings. The Morgan fingerprint density at radius 3 is 2.50 bits per heavy atom. The van der Waals surface area contributed by atoms with Crippen molar-refractivity contribution in [2.24, 2.45) is 5.92 Å². The largest absolute Gasteiger partial charge is 0.488 e. The lowest BCUT2D eigenvalue weighted by Gasteiger charge is -2.10. The third-order valence-corrected chi connectivity index (χ3v) is 4.51. The average molecular weight is 381 g/mol.